The number of hydrogen-bond donors (Lipinski definition) is 0. The van der Waals surface area contributed by atoms with Gasteiger partial charge in [0.1, 0.15) is 6.04 Å². The molecule has 15 heavy (non-hydrogen) atoms. The second-order valence-electron chi connectivity index (χ2n) is 3.91. The Kier molecular flexibility index (Phi) is 2.51. The number of benzene rings is 1. The molecule has 0 fully saturated rings. The molecule has 2 rings (SSSR count). The van der Waals surface area contributed by atoms with Crippen molar-refractivity contribution in [3.8, 4) is 6.07 Å². The van der Waals surface area contributed by atoms with E-state index >= 15 is 0 Å². The lowest BCUT2D eigenvalue weighted by atomic mass is 10.1. The number of likely N-dealkylation sites (N-methyl/N-ethyl adjacent to an activating group) is 1. The first-order valence-electron chi connectivity index (χ1n) is 5.20. The average Bonchev–Trinajstić information content (AvgIpc) is 2.29. The van der Waals surface area contributed by atoms with Crippen LogP contribution in [0, 0.1) is 11.3 Å². The monoisotopic (exact) mass is 201 g/mol. The fourth-order valence-corrected chi connectivity index (χ4v) is 2.00. The van der Waals surface area contributed by atoms with E-state index in [1.807, 2.05) is 19.1 Å². The summed E-state index contributed by atoms with van der Waals surface area (Å²) < 4.78 is 0. The van der Waals surface area contributed by atoms with Crippen LogP contribution in [-0.2, 0) is 0 Å². The lowest BCUT2D eigenvalue weighted by Gasteiger charge is -2.38. The van der Waals surface area contributed by atoms with Crippen LogP contribution in [0.4, 0.5) is 11.4 Å². The van der Waals surface area contributed by atoms with E-state index in [0.29, 0.717) is 0 Å². The second kappa shape index (κ2) is 3.82. The Balaban J connectivity index is 2.41. The Morgan fingerprint density at radius 1 is 1.27 bits per heavy atom. The predicted molar refractivity (Wildman–Crippen MR) is 62.1 cm³/mol. The maximum absolute atomic E-state index is 8.97. The van der Waals surface area contributed by atoms with E-state index in [1.54, 1.807) is 0 Å². The van der Waals surface area contributed by atoms with Crippen LogP contribution >= 0.6 is 0 Å². The Labute approximate surface area is 90.5 Å². The van der Waals surface area contributed by atoms with E-state index in [-0.39, 0.29) is 6.04 Å². The number of nitriles is 1. The van der Waals surface area contributed by atoms with Crippen molar-refractivity contribution < 1.29 is 0 Å². The van der Waals surface area contributed by atoms with Crippen molar-refractivity contribution in [3.63, 3.8) is 0 Å². The minimum atomic E-state index is -0.0557. The van der Waals surface area contributed by atoms with Crippen molar-refractivity contribution in [2.75, 3.05) is 29.9 Å². The highest BCUT2D eigenvalue weighted by molar-refractivity contribution is 5.73. The van der Waals surface area contributed by atoms with Gasteiger partial charge in [0.2, 0.25) is 0 Å². The predicted octanol–water partition coefficient (Wildman–Crippen LogP) is 1.85. The highest BCUT2D eigenvalue weighted by Gasteiger charge is 2.22. The summed E-state index contributed by atoms with van der Waals surface area (Å²) in [5.41, 5.74) is 2.38. The van der Waals surface area contributed by atoms with E-state index in [0.717, 1.165) is 13.1 Å². The van der Waals surface area contributed by atoms with Gasteiger partial charge in [-0.25, -0.2) is 0 Å². The maximum Gasteiger partial charge on any atom is 0.114 e. The first-order chi connectivity index (χ1) is 7.24. The molecule has 0 spiro atoms. The molecule has 78 valence electrons. The quantitative estimate of drug-likeness (QED) is 0.694. The summed E-state index contributed by atoms with van der Waals surface area (Å²) in [5, 5.41) is 8.97. The van der Waals surface area contributed by atoms with Crippen LogP contribution in [-0.4, -0.2) is 26.2 Å². The molecule has 1 atom stereocenters. The summed E-state index contributed by atoms with van der Waals surface area (Å²) in [5.74, 6) is 0. The van der Waals surface area contributed by atoms with Gasteiger partial charge in [0.05, 0.1) is 17.4 Å². The number of anilines is 2. The Hall–Kier alpha value is -1.69. The molecule has 1 aromatic rings. The number of hydrogen-bond acceptors (Lipinski definition) is 3. The third-order valence-electron chi connectivity index (χ3n) is 2.93. The molecule has 1 aliphatic heterocycles. The van der Waals surface area contributed by atoms with Gasteiger partial charge in [-0.3, -0.25) is 0 Å². The van der Waals surface area contributed by atoms with Crippen LogP contribution in [0.25, 0.3) is 0 Å². The maximum atomic E-state index is 8.97. The number of fused-ring (bicyclic) bond motifs is 1. The Morgan fingerprint density at radius 3 is 2.60 bits per heavy atom. The summed E-state index contributed by atoms with van der Waals surface area (Å²) in [7, 11) is 2.09. The van der Waals surface area contributed by atoms with Crippen molar-refractivity contribution in [1.29, 1.82) is 5.26 Å². The molecule has 0 amide bonds. The van der Waals surface area contributed by atoms with Crippen LogP contribution in [0.15, 0.2) is 24.3 Å². The summed E-state index contributed by atoms with van der Waals surface area (Å²) in [6.07, 6.45) is 0. The van der Waals surface area contributed by atoms with Crippen molar-refractivity contribution in [1.82, 2.24) is 0 Å². The van der Waals surface area contributed by atoms with Gasteiger partial charge in [-0.1, -0.05) is 12.1 Å². The van der Waals surface area contributed by atoms with Gasteiger partial charge >= 0.3 is 0 Å². The number of rotatable bonds is 1. The third-order valence-corrected chi connectivity index (χ3v) is 2.93. The summed E-state index contributed by atoms with van der Waals surface area (Å²) in [4.78, 5) is 4.39. The zero-order chi connectivity index (χ0) is 10.8. The second-order valence-corrected chi connectivity index (χ2v) is 3.91. The smallest absolute Gasteiger partial charge is 0.114 e. The molecule has 3 nitrogen and oxygen atoms in total. The molecule has 1 aromatic carbocycles. The van der Waals surface area contributed by atoms with Crippen LogP contribution in [0.5, 0.6) is 0 Å². The van der Waals surface area contributed by atoms with E-state index in [2.05, 4.69) is 35.0 Å². The largest absolute Gasteiger partial charge is 0.371 e. The number of para-hydroxylation sites is 2. The van der Waals surface area contributed by atoms with Crippen molar-refractivity contribution >= 4 is 11.4 Å². The fraction of sp³-hybridized carbons (Fsp3) is 0.417. The van der Waals surface area contributed by atoms with Crippen molar-refractivity contribution in [2.24, 2.45) is 0 Å². The van der Waals surface area contributed by atoms with E-state index in [1.165, 1.54) is 11.4 Å². The molecule has 1 aliphatic rings. The topological polar surface area (TPSA) is 30.3 Å². The molecular weight excluding hydrogens is 186 g/mol. The highest BCUT2D eigenvalue weighted by atomic mass is 15.3. The molecule has 1 heterocycles. The van der Waals surface area contributed by atoms with Crippen LogP contribution in [0.3, 0.4) is 0 Å². The SMILES string of the molecule is CC(C#N)N1CCN(C)c2ccccc21. The van der Waals surface area contributed by atoms with Gasteiger partial charge < -0.3 is 9.80 Å². The molecule has 0 radical (unpaired) electrons. The molecule has 0 saturated carbocycles. The van der Waals surface area contributed by atoms with Crippen molar-refractivity contribution in [3.05, 3.63) is 24.3 Å². The molecule has 1 unspecified atom stereocenters. The molecule has 0 aromatic heterocycles. The average molecular weight is 201 g/mol. The zero-order valence-electron chi connectivity index (χ0n) is 9.14. The van der Waals surface area contributed by atoms with Gasteiger partial charge in [-0.15, -0.1) is 0 Å². The van der Waals surface area contributed by atoms with Gasteiger partial charge in [0.15, 0.2) is 0 Å². The normalized spacial score (nSPS) is 16.9. The van der Waals surface area contributed by atoms with Crippen LogP contribution in [0.2, 0.25) is 0 Å². The minimum absolute atomic E-state index is 0.0557. The molecule has 0 aliphatic carbocycles. The summed E-state index contributed by atoms with van der Waals surface area (Å²) in [6, 6.07) is 10.5. The minimum Gasteiger partial charge on any atom is -0.371 e. The molecule has 3 heteroatoms. The lowest BCUT2D eigenvalue weighted by Crippen LogP contribution is -2.43. The van der Waals surface area contributed by atoms with Crippen molar-refractivity contribution in [2.45, 2.75) is 13.0 Å². The van der Waals surface area contributed by atoms with E-state index < -0.39 is 0 Å². The number of nitrogens with zero attached hydrogens (tertiary/aromatic N) is 3. The summed E-state index contributed by atoms with van der Waals surface area (Å²) in [6.45, 7) is 3.84. The molecule has 0 saturated heterocycles. The van der Waals surface area contributed by atoms with Gasteiger partial charge in [-0.05, 0) is 19.1 Å². The first-order valence-corrected chi connectivity index (χ1v) is 5.20. The van der Waals surface area contributed by atoms with Gasteiger partial charge in [0, 0.05) is 20.1 Å². The molecular formula is C12H15N3. The lowest BCUT2D eigenvalue weighted by molar-refractivity contribution is 0.699. The fourth-order valence-electron chi connectivity index (χ4n) is 2.00. The van der Waals surface area contributed by atoms with Gasteiger partial charge in [-0.2, -0.15) is 5.26 Å². The highest BCUT2D eigenvalue weighted by Crippen LogP contribution is 2.32. The van der Waals surface area contributed by atoms with E-state index in [4.69, 9.17) is 5.26 Å². The van der Waals surface area contributed by atoms with Crippen LogP contribution < -0.4 is 9.80 Å². The Bertz CT molecular complexity index is 394. The first kappa shape index (κ1) is 9.85. The zero-order valence-corrected chi connectivity index (χ0v) is 9.14. The standard InChI is InChI=1S/C12H15N3/c1-10(9-13)15-8-7-14(2)11-5-3-4-6-12(11)15/h3-6,10H,7-8H2,1-2H3. The Morgan fingerprint density at radius 2 is 1.93 bits per heavy atom. The van der Waals surface area contributed by atoms with Gasteiger partial charge in [0.25, 0.3) is 0 Å². The van der Waals surface area contributed by atoms with Crippen LogP contribution in [0.1, 0.15) is 6.92 Å². The third kappa shape index (κ3) is 1.63. The van der Waals surface area contributed by atoms with E-state index in [9.17, 15) is 0 Å². The molecule has 0 bridgehead atoms. The molecule has 0 N–H and O–H groups in total. The summed E-state index contributed by atoms with van der Waals surface area (Å²) >= 11 is 0.